The molecule has 26 heavy (non-hydrogen) atoms. The number of benzene rings is 1. The Morgan fingerprint density at radius 1 is 1.19 bits per heavy atom. The van der Waals surface area contributed by atoms with Crippen molar-refractivity contribution in [2.75, 3.05) is 53.0 Å². The topological polar surface area (TPSA) is 95.1 Å². The van der Waals surface area contributed by atoms with Gasteiger partial charge in [-0.1, -0.05) is 12.1 Å². The molecule has 0 aliphatic carbocycles. The van der Waals surface area contributed by atoms with Crippen LogP contribution in [0.25, 0.3) is 0 Å². The van der Waals surface area contributed by atoms with Crippen molar-refractivity contribution in [1.82, 2.24) is 20.3 Å². The fraction of sp³-hybridized carbons (Fsp3) is 0.588. The highest BCUT2D eigenvalue weighted by Crippen LogP contribution is 2.10. The van der Waals surface area contributed by atoms with E-state index < -0.39 is 10.0 Å². The van der Waals surface area contributed by atoms with Gasteiger partial charge in [0, 0.05) is 32.7 Å². The molecule has 9 heteroatoms. The predicted octanol–water partition coefficient (Wildman–Crippen LogP) is -0.0180. The van der Waals surface area contributed by atoms with Gasteiger partial charge in [-0.3, -0.25) is 4.90 Å². The normalized spacial score (nSPS) is 16.5. The number of aliphatic imine (C=N–C) groups is 1. The van der Waals surface area contributed by atoms with Crippen molar-refractivity contribution in [2.45, 2.75) is 18.4 Å². The number of hydrogen-bond acceptors (Lipinski definition) is 5. The van der Waals surface area contributed by atoms with Crippen molar-refractivity contribution in [1.29, 1.82) is 0 Å². The zero-order valence-electron chi connectivity index (χ0n) is 15.5. The van der Waals surface area contributed by atoms with Gasteiger partial charge in [0.05, 0.1) is 24.7 Å². The van der Waals surface area contributed by atoms with Crippen LogP contribution in [0.15, 0.2) is 34.2 Å². The van der Waals surface area contributed by atoms with Gasteiger partial charge in [-0.2, -0.15) is 0 Å². The highest BCUT2D eigenvalue weighted by molar-refractivity contribution is 7.89. The Labute approximate surface area is 156 Å². The fourth-order valence-corrected chi connectivity index (χ4v) is 3.29. The van der Waals surface area contributed by atoms with Crippen LogP contribution in [0.2, 0.25) is 0 Å². The van der Waals surface area contributed by atoms with Crippen LogP contribution in [0.4, 0.5) is 0 Å². The molecule has 1 aromatic carbocycles. The highest BCUT2D eigenvalue weighted by Gasteiger charge is 2.11. The maximum Gasteiger partial charge on any atom is 0.240 e. The summed E-state index contributed by atoms with van der Waals surface area (Å²) in [7, 11) is -2.00. The smallest absolute Gasteiger partial charge is 0.240 e. The van der Waals surface area contributed by atoms with Crippen LogP contribution in [0.1, 0.15) is 12.5 Å². The Balaban J connectivity index is 1.87. The van der Waals surface area contributed by atoms with E-state index in [4.69, 9.17) is 4.74 Å². The molecule has 1 aliphatic rings. The molecule has 1 aromatic rings. The molecule has 3 N–H and O–H groups in total. The molecule has 1 heterocycles. The minimum Gasteiger partial charge on any atom is -0.379 e. The van der Waals surface area contributed by atoms with E-state index in [9.17, 15) is 8.42 Å². The van der Waals surface area contributed by atoms with Gasteiger partial charge in [-0.25, -0.2) is 18.1 Å². The number of guanidine groups is 1. The zero-order valence-corrected chi connectivity index (χ0v) is 16.3. The number of morpholine rings is 1. The molecule has 0 amide bonds. The second-order valence-electron chi connectivity index (χ2n) is 5.93. The van der Waals surface area contributed by atoms with Crippen molar-refractivity contribution in [3.8, 4) is 0 Å². The van der Waals surface area contributed by atoms with Gasteiger partial charge >= 0.3 is 0 Å². The molecule has 0 aromatic heterocycles. The lowest BCUT2D eigenvalue weighted by molar-refractivity contribution is 0.0389. The van der Waals surface area contributed by atoms with Crippen molar-refractivity contribution in [3.05, 3.63) is 29.8 Å². The first-order valence-corrected chi connectivity index (χ1v) is 10.4. The first-order chi connectivity index (χ1) is 12.5. The van der Waals surface area contributed by atoms with Gasteiger partial charge in [-0.05, 0) is 31.7 Å². The third-order valence-corrected chi connectivity index (χ3v) is 5.52. The van der Waals surface area contributed by atoms with Gasteiger partial charge in [0.1, 0.15) is 0 Å². The molecule has 2 rings (SSSR count). The van der Waals surface area contributed by atoms with Crippen molar-refractivity contribution >= 4 is 16.0 Å². The standard InChI is InChI=1S/C17H29N5O3S/c1-3-19-17(20-8-9-22-10-12-25-13-11-22)21-14-15-4-6-16(7-5-15)26(23,24)18-2/h4-7,18H,3,8-14H2,1-2H3,(H2,19,20,21). The van der Waals surface area contributed by atoms with Crippen LogP contribution in [0.3, 0.4) is 0 Å². The lowest BCUT2D eigenvalue weighted by Gasteiger charge is -2.26. The van der Waals surface area contributed by atoms with Crippen LogP contribution in [0.5, 0.6) is 0 Å². The van der Waals surface area contributed by atoms with E-state index >= 15 is 0 Å². The van der Waals surface area contributed by atoms with E-state index in [0.29, 0.717) is 6.54 Å². The van der Waals surface area contributed by atoms with E-state index in [2.05, 4.69) is 25.2 Å². The van der Waals surface area contributed by atoms with Crippen LogP contribution in [0, 0.1) is 0 Å². The summed E-state index contributed by atoms with van der Waals surface area (Å²) in [5.74, 6) is 0.757. The first-order valence-electron chi connectivity index (χ1n) is 8.90. The molecule has 1 saturated heterocycles. The summed E-state index contributed by atoms with van der Waals surface area (Å²) < 4.78 is 31.1. The second-order valence-corrected chi connectivity index (χ2v) is 7.81. The van der Waals surface area contributed by atoms with Crippen LogP contribution in [-0.2, 0) is 21.3 Å². The molecule has 1 aliphatic heterocycles. The summed E-state index contributed by atoms with van der Waals surface area (Å²) in [5.41, 5.74) is 0.949. The van der Waals surface area contributed by atoms with Gasteiger partial charge in [0.2, 0.25) is 10.0 Å². The second kappa shape index (κ2) is 10.5. The van der Waals surface area contributed by atoms with Gasteiger partial charge in [0.15, 0.2) is 5.96 Å². The van der Waals surface area contributed by atoms with E-state index in [0.717, 1.165) is 57.5 Å². The van der Waals surface area contributed by atoms with E-state index in [1.807, 2.05) is 6.92 Å². The monoisotopic (exact) mass is 383 g/mol. The number of hydrogen-bond donors (Lipinski definition) is 3. The van der Waals surface area contributed by atoms with E-state index in [1.54, 1.807) is 24.3 Å². The Morgan fingerprint density at radius 2 is 1.88 bits per heavy atom. The molecular weight excluding hydrogens is 354 g/mol. The summed E-state index contributed by atoms with van der Waals surface area (Å²) in [6.45, 7) is 8.58. The SMILES string of the molecule is CCNC(=NCc1ccc(S(=O)(=O)NC)cc1)NCCN1CCOCC1. The lowest BCUT2D eigenvalue weighted by atomic mass is 10.2. The van der Waals surface area contributed by atoms with E-state index in [1.165, 1.54) is 7.05 Å². The molecule has 0 unspecified atom stereocenters. The predicted molar refractivity (Wildman–Crippen MR) is 103 cm³/mol. The van der Waals surface area contributed by atoms with Crippen molar-refractivity contribution in [2.24, 2.45) is 4.99 Å². The summed E-state index contributed by atoms with van der Waals surface area (Å²) in [6, 6.07) is 6.75. The Bertz CT molecular complexity index is 670. The molecule has 1 fully saturated rings. The minimum atomic E-state index is -3.40. The summed E-state index contributed by atoms with van der Waals surface area (Å²) in [5, 5.41) is 6.56. The van der Waals surface area contributed by atoms with Gasteiger partial charge in [-0.15, -0.1) is 0 Å². The quantitative estimate of drug-likeness (QED) is 0.431. The molecule has 0 radical (unpaired) electrons. The Hall–Kier alpha value is -1.68. The van der Waals surface area contributed by atoms with Crippen LogP contribution < -0.4 is 15.4 Å². The molecule has 146 valence electrons. The average Bonchev–Trinajstić information content (AvgIpc) is 2.67. The molecule has 0 atom stereocenters. The molecule has 8 nitrogen and oxygen atoms in total. The largest absolute Gasteiger partial charge is 0.379 e. The zero-order chi connectivity index (χ0) is 18.8. The van der Waals surface area contributed by atoms with Gasteiger partial charge < -0.3 is 15.4 Å². The number of nitrogens with one attached hydrogen (secondary N) is 3. The van der Waals surface area contributed by atoms with Crippen molar-refractivity contribution < 1.29 is 13.2 Å². The maximum absolute atomic E-state index is 11.7. The fourth-order valence-electron chi connectivity index (χ4n) is 2.56. The molecule has 0 spiro atoms. The van der Waals surface area contributed by atoms with Gasteiger partial charge in [0.25, 0.3) is 0 Å². The number of ether oxygens (including phenoxy) is 1. The van der Waals surface area contributed by atoms with Crippen molar-refractivity contribution in [3.63, 3.8) is 0 Å². The molecule has 0 bridgehead atoms. The molecular formula is C17H29N5O3S. The first kappa shape index (κ1) is 20.6. The number of sulfonamides is 1. The van der Waals surface area contributed by atoms with Crippen LogP contribution >= 0.6 is 0 Å². The summed E-state index contributed by atoms with van der Waals surface area (Å²) >= 11 is 0. The summed E-state index contributed by atoms with van der Waals surface area (Å²) in [6.07, 6.45) is 0. The summed E-state index contributed by atoms with van der Waals surface area (Å²) in [4.78, 5) is 7.18. The maximum atomic E-state index is 11.7. The lowest BCUT2D eigenvalue weighted by Crippen LogP contribution is -2.44. The Morgan fingerprint density at radius 3 is 2.50 bits per heavy atom. The molecule has 0 saturated carbocycles. The third kappa shape index (κ3) is 6.56. The number of rotatable bonds is 8. The Kier molecular flexibility index (Phi) is 8.30. The van der Waals surface area contributed by atoms with Crippen LogP contribution in [-0.4, -0.2) is 72.3 Å². The number of nitrogens with zero attached hydrogens (tertiary/aromatic N) is 2. The average molecular weight is 384 g/mol. The van der Waals surface area contributed by atoms with E-state index in [-0.39, 0.29) is 4.90 Å². The minimum absolute atomic E-state index is 0.253. The highest BCUT2D eigenvalue weighted by atomic mass is 32.2. The third-order valence-electron chi connectivity index (χ3n) is 4.09.